The lowest BCUT2D eigenvalue weighted by Crippen LogP contribution is -2.30. The Morgan fingerprint density at radius 2 is 0.522 bits per heavy atom. The highest BCUT2D eigenvalue weighted by Crippen LogP contribution is 2.17. The summed E-state index contributed by atoms with van der Waals surface area (Å²) in [6.07, 6.45) is 70.5. The number of rotatable bonds is 56. The van der Waals surface area contributed by atoms with Gasteiger partial charge in [-0.3, -0.25) is 14.4 Å². The van der Waals surface area contributed by atoms with Gasteiger partial charge in [-0.05, 0) is 57.8 Å². The standard InChI is InChI=1S/C63H116O6/c1-4-7-10-13-15-17-19-21-23-25-27-28-29-30-31-32-33-34-36-37-39-41-43-45-47-50-53-56-62(65)68-59-60(58-67-61(64)55-52-49-12-9-6-3)69-63(66)57-54-51-48-46-44-42-40-38-35-26-24-22-20-18-16-14-11-8-5-2/h19,21,25,27,29-30,60H,4-18,20,22-24,26,28,31-59H2,1-3H3/b21-19-,27-25-,30-29-. The number of ether oxygens (including phenoxy) is 3. The summed E-state index contributed by atoms with van der Waals surface area (Å²) in [6, 6.07) is 0. The maximum absolute atomic E-state index is 12.8. The first-order valence-electron chi connectivity index (χ1n) is 30.5. The number of hydrogen-bond acceptors (Lipinski definition) is 6. The zero-order valence-electron chi connectivity index (χ0n) is 46.3. The van der Waals surface area contributed by atoms with Crippen LogP contribution in [0.25, 0.3) is 0 Å². The van der Waals surface area contributed by atoms with Gasteiger partial charge in [-0.15, -0.1) is 0 Å². The summed E-state index contributed by atoms with van der Waals surface area (Å²) in [5.74, 6) is -0.866. The van der Waals surface area contributed by atoms with E-state index >= 15 is 0 Å². The van der Waals surface area contributed by atoms with E-state index in [1.54, 1.807) is 0 Å². The molecule has 1 unspecified atom stereocenters. The molecule has 0 radical (unpaired) electrons. The summed E-state index contributed by atoms with van der Waals surface area (Å²) in [4.78, 5) is 37.8. The van der Waals surface area contributed by atoms with E-state index in [0.717, 1.165) is 77.0 Å². The second kappa shape index (κ2) is 58.2. The van der Waals surface area contributed by atoms with E-state index < -0.39 is 6.10 Å². The van der Waals surface area contributed by atoms with E-state index in [1.165, 1.54) is 212 Å². The van der Waals surface area contributed by atoms with Crippen molar-refractivity contribution in [2.45, 2.75) is 335 Å². The molecular weight excluding hydrogens is 853 g/mol. The molecule has 0 amide bonds. The van der Waals surface area contributed by atoms with E-state index in [2.05, 4.69) is 57.2 Å². The number of allylic oxidation sites excluding steroid dienone is 6. The van der Waals surface area contributed by atoms with Crippen LogP contribution in [0.4, 0.5) is 0 Å². The minimum atomic E-state index is -0.766. The summed E-state index contributed by atoms with van der Waals surface area (Å²) in [5, 5.41) is 0. The minimum absolute atomic E-state index is 0.0692. The Morgan fingerprint density at radius 1 is 0.290 bits per heavy atom. The molecule has 6 heteroatoms. The molecule has 0 aromatic rings. The van der Waals surface area contributed by atoms with Crippen molar-refractivity contribution in [2.75, 3.05) is 13.2 Å². The average molecular weight is 970 g/mol. The molecule has 6 nitrogen and oxygen atoms in total. The molecule has 404 valence electrons. The van der Waals surface area contributed by atoms with Crippen LogP contribution in [-0.2, 0) is 28.6 Å². The van der Waals surface area contributed by atoms with Crippen molar-refractivity contribution >= 4 is 17.9 Å². The molecule has 0 aromatic carbocycles. The molecule has 0 saturated carbocycles. The highest BCUT2D eigenvalue weighted by atomic mass is 16.6. The first-order valence-corrected chi connectivity index (χ1v) is 30.5. The Hall–Kier alpha value is -2.37. The normalized spacial score (nSPS) is 12.2. The van der Waals surface area contributed by atoms with E-state index in [-0.39, 0.29) is 31.1 Å². The SMILES string of the molecule is CCCCCCC/C=C\C/C=C\C/C=C\CCCCCCCCCCCCCCC(=O)OCC(COC(=O)CCCCCCC)OC(=O)CCCCCCCCCCCCCCCCCCCCC. The van der Waals surface area contributed by atoms with Crippen LogP contribution in [-0.4, -0.2) is 37.2 Å². The van der Waals surface area contributed by atoms with Crippen LogP contribution < -0.4 is 0 Å². The average Bonchev–Trinajstić information content (AvgIpc) is 3.35. The van der Waals surface area contributed by atoms with Gasteiger partial charge in [0, 0.05) is 19.3 Å². The van der Waals surface area contributed by atoms with Crippen LogP contribution in [0.2, 0.25) is 0 Å². The third-order valence-corrected chi connectivity index (χ3v) is 13.6. The van der Waals surface area contributed by atoms with Crippen molar-refractivity contribution in [3.63, 3.8) is 0 Å². The molecule has 0 aliphatic heterocycles. The number of carbonyl (C=O) groups is 3. The van der Waals surface area contributed by atoms with Gasteiger partial charge in [-0.1, -0.05) is 288 Å². The van der Waals surface area contributed by atoms with Crippen molar-refractivity contribution in [2.24, 2.45) is 0 Å². The molecule has 0 N–H and O–H groups in total. The van der Waals surface area contributed by atoms with E-state index in [9.17, 15) is 14.4 Å². The van der Waals surface area contributed by atoms with Crippen LogP contribution >= 0.6 is 0 Å². The van der Waals surface area contributed by atoms with Gasteiger partial charge in [0.2, 0.25) is 0 Å². The molecule has 0 saturated heterocycles. The molecule has 0 heterocycles. The highest BCUT2D eigenvalue weighted by Gasteiger charge is 2.19. The Morgan fingerprint density at radius 3 is 0.812 bits per heavy atom. The number of hydrogen-bond donors (Lipinski definition) is 0. The van der Waals surface area contributed by atoms with Gasteiger partial charge in [-0.2, -0.15) is 0 Å². The van der Waals surface area contributed by atoms with Crippen molar-refractivity contribution in [1.29, 1.82) is 0 Å². The van der Waals surface area contributed by atoms with Gasteiger partial charge in [0.1, 0.15) is 13.2 Å². The highest BCUT2D eigenvalue weighted by molar-refractivity contribution is 5.71. The molecular formula is C63H116O6. The van der Waals surface area contributed by atoms with E-state index in [4.69, 9.17) is 14.2 Å². The lowest BCUT2D eigenvalue weighted by Gasteiger charge is -2.18. The monoisotopic (exact) mass is 969 g/mol. The first kappa shape index (κ1) is 66.6. The van der Waals surface area contributed by atoms with E-state index in [0.29, 0.717) is 19.3 Å². The Bertz CT molecular complexity index is 1160. The molecule has 0 aliphatic rings. The van der Waals surface area contributed by atoms with Crippen molar-refractivity contribution < 1.29 is 28.6 Å². The third kappa shape index (κ3) is 56.4. The second-order valence-electron chi connectivity index (χ2n) is 20.6. The molecule has 0 aromatic heterocycles. The Kier molecular flexibility index (Phi) is 56.2. The van der Waals surface area contributed by atoms with Crippen molar-refractivity contribution in [1.82, 2.24) is 0 Å². The fraction of sp³-hybridized carbons (Fsp3) is 0.857. The summed E-state index contributed by atoms with van der Waals surface area (Å²) in [7, 11) is 0. The molecule has 0 rings (SSSR count). The predicted molar refractivity (Wildman–Crippen MR) is 298 cm³/mol. The number of carbonyl (C=O) groups excluding carboxylic acids is 3. The van der Waals surface area contributed by atoms with Gasteiger partial charge in [0.15, 0.2) is 6.10 Å². The largest absolute Gasteiger partial charge is 0.462 e. The fourth-order valence-corrected chi connectivity index (χ4v) is 9.04. The second-order valence-corrected chi connectivity index (χ2v) is 20.6. The zero-order valence-corrected chi connectivity index (χ0v) is 46.3. The predicted octanol–water partition coefficient (Wildman–Crippen LogP) is 20.4. The maximum Gasteiger partial charge on any atom is 0.306 e. The van der Waals surface area contributed by atoms with Crippen LogP contribution in [0.3, 0.4) is 0 Å². The maximum atomic E-state index is 12.8. The Balaban J connectivity index is 4.01. The minimum Gasteiger partial charge on any atom is -0.462 e. The molecule has 0 spiro atoms. The van der Waals surface area contributed by atoms with Crippen LogP contribution in [0.5, 0.6) is 0 Å². The van der Waals surface area contributed by atoms with Crippen LogP contribution in [0.1, 0.15) is 329 Å². The van der Waals surface area contributed by atoms with Crippen molar-refractivity contribution in [3.05, 3.63) is 36.5 Å². The van der Waals surface area contributed by atoms with Gasteiger partial charge in [0.25, 0.3) is 0 Å². The van der Waals surface area contributed by atoms with Crippen LogP contribution in [0, 0.1) is 0 Å². The van der Waals surface area contributed by atoms with E-state index in [1.807, 2.05) is 0 Å². The third-order valence-electron chi connectivity index (χ3n) is 13.6. The Labute approximate surface area is 429 Å². The number of esters is 3. The lowest BCUT2D eigenvalue weighted by molar-refractivity contribution is -0.167. The van der Waals surface area contributed by atoms with Crippen LogP contribution in [0.15, 0.2) is 36.5 Å². The van der Waals surface area contributed by atoms with Gasteiger partial charge in [0.05, 0.1) is 0 Å². The molecule has 0 bridgehead atoms. The summed E-state index contributed by atoms with van der Waals surface area (Å²) in [5.41, 5.74) is 0. The number of unbranched alkanes of at least 4 members (excludes halogenated alkanes) is 39. The molecule has 1 atom stereocenters. The fourth-order valence-electron chi connectivity index (χ4n) is 9.04. The lowest BCUT2D eigenvalue weighted by atomic mass is 10.0. The quantitative estimate of drug-likeness (QED) is 0.0261. The summed E-state index contributed by atoms with van der Waals surface area (Å²) < 4.78 is 16.8. The molecule has 69 heavy (non-hydrogen) atoms. The summed E-state index contributed by atoms with van der Waals surface area (Å²) in [6.45, 7) is 6.59. The molecule has 0 fully saturated rings. The molecule has 0 aliphatic carbocycles. The van der Waals surface area contributed by atoms with Gasteiger partial charge < -0.3 is 14.2 Å². The topological polar surface area (TPSA) is 78.9 Å². The smallest absolute Gasteiger partial charge is 0.306 e. The summed E-state index contributed by atoms with van der Waals surface area (Å²) >= 11 is 0. The van der Waals surface area contributed by atoms with Gasteiger partial charge in [-0.25, -0.2) is 0 Å². The van der Waals surface area contributed by atoms with Gasteiger partial charge >= 0.3 is 17.9 Å². The van der Waals surface area contributed by atoms with Crippen molar-refractivity contribution in [3.8, 4) is 0 Å². The zero-order chi connectivity index (χ0) is 50.0. The first-order chi connectivity index (χ1) is 34.0.